The molecule has 1 fully saturated rings. The highest BCUT2D eigenvalue weighted by atomic mass is 79.9. The molecule has 2 rings (SSSR count). The third kappa shape index (κ3) is 4.17. The van der Waals surface area contributed by atoms with Crippen LogP contribution in [0, 0.1) is 5.92 Å². The van der Waals surface area contributed by atoms with Crippen LogP contribution in [0.4, 0.5) is 5.82 Å². The largest absolute Gasteiger partial charge is 0.379 e. The highest BCUT2D eigenvalue weighted by molar-refractivity contribution is 9.10. The number of pyridine rings is 1. The summed E-state index contributed by atoms with van der Waals surface area (Å²) in [4.78, 5) is 6.86. The molecule has 5 heteroatoms. The first-order valence-corrected chi connectivity index (χ1v) is 8.03. The highest BCUT2D eigenvalue weighted by Gasteiger charge is 2.23. The van der Waals surface area contributed by atoms with E-state index in [0.29, 0.717) is 12.0 Å². The smallest absolute Gasteiger partial charge is 0.133 e. The van der Waals surface area contributed by atoms with E-state index in [2.05, 4.69) is 58.1 Å². The molecule has 0 spiro atoms. The fourth-order valence-electron chi connectivity index (χ4n) is 2.42. The van der Waals surface area contributed by atoms with Crippen LogP contribution in [0.3, 0.4) is 0 Å². The van der Waals surface area contributed by atoms with Crippen LogP contribution < -0.4 is 10.2 Å². The molecule has 1 aromatic heterocycles. The van der Waals surface area contributed by atoms with E-state index in [-0.39, 0.29) is 0 Å². The van der Waals surface area contributed by atoms with Gasteiger partial charge in [-0.2, -0.15) is 0 Å². The van der Waals surface area contributed by atoms with Crippen molar-refractivity contribution < 1.29 is 4.74 Å². The standard InChI is InChI=1S/C15H24BrN3O/c1-11(2)7-17-8-12-6-13(16)9-18-15(12)19(3)14-4-5-20-10-14/h6,9,11,14,17H,4-5,7-8,10H2,1-3H3. The normalized spacial score (nSPS) is 18.8. The van der Waals surface area contributed by atoms with Crippen molar-refractivity contribution in [1.82, 2.24) is 10.3 Å². The van der Waals surface area contributed by atoms with Gasteiger partial charge in [0.2, 0.25) is 0 Å². The van der Waals surface area contributed by atoms with Crippen LogP contribution in [0.2, 0.25) is 0 Å². The maximum absolute atomic E-state index is 5.48. The minimum atomic E-state index is 0.438. The average Bonchev–Trinajstić information content (AvgIpc) is 2.91. The third-order valence-corrected chi connectivity index (χ3v) is 4.00. The van der Waals surface area contributed by atoms with Gasteiger partial charge in [0, 0.05) is 36.4 Å². The molecule has 0 aromatic carbocycles. The number of likely N-dealkylation sites (N-methyl/N-ethyl adjacent to an activating group) is 1. The van der Waals surface area contributed by atoms with Gasteiger partial charge in [-0.1, -0.05) is 13.8 Å². The van der Waals surface area contributed by atoms with Crippen LogP contribution in [0.25, 0.3) is 0 Å². The molecule has 1 atom stereocenters. The summed E-state index contributed by atoms with van der Waals surface area (Å²) < 4.78 is 6.51. The summed E-state index contributed by atoms with van der Waals surface area (Å²) in [6.45, 7) is 7.95. The summed E-state index contributed by atoms with van der Waals surface area (Å²) in [5, 5.41) is 3.50. The minimum absolute atomic E-state index is 0.438. The Labute approximate surface area is 130 Å². The maximum Gasteiger partial charge on any atom is 0.133 e. The molecule has 1 N–H and O–H groups in total. The van der Waals surface area contributed by atoms with E-state index in [1.54, 1.807) is 0 Å². The molecule has 112 valence electrons. The van der Waals surface area contributed by atoms with E-state index in [4.69, 9.17) is 4.74 Å². The SMILES string of the molecule is CC(C)CNCc1cc(Br)cnc1N(C)C1CCOC1. The predicted octanol–water partition coefficient (Wildman–Crippen LogP) is 2.81. The minimum Gasteiger partial charge on any atom is -0.379 e. The molecule has 4 nitrogen and oxygen atoms in total. The second-order valence-electron chi connectivity index (χ2n) is 5.79. The Morgan fingerprint density at radius 3 is 3.00 bits per heavy atom. The lowest BCUT2D eigenvalue weighted by atomic mass is 10.1. The van der Waals surface area contributed by atoms with Crippen molar-refractivity contribution in [1.29, 1.82) is 0 Å². The second-order valence-corrected chi connectivity index (χ2v) is 6.71. The highest BCUT2D eigenvalue weighted by Crippen LogP contribution is 2.24. The summed E-state index contributed by atoms with van der Waals surface area (Å²) in [5.74, 6) is 1.71. The van der Waals surface area contributed by atoms with Crippen molar-refractivity contribution >= 4 is 21.7 Å². The molecule has 2 heterocycles. The molecular formula is C15H24BrN3O. The molecule has 1 aromatic rings. The van der Waals surface area contributed by atoms with Gasteiger partial charge in [0.1, 0.15) is 5.82 Å². The molecule has 0 bridgehead atoms. The Morgan fingerprint density at radius 1 is 1.55 bits per heavy atom. The predicted molar refractivity (Wildman–Crippen MR) is 86.1 cm³/mol. The van der Waals surface area contributed by atoms with E-state index in [1.807, 2.05) is 6.20 Å². The van der Waals surface area contributed by atoms with Crippen LogP contribution in [0.1, 0.15) is 25.8 Å². The van der Waals surface area contributed by atoms with Crippen LogP contribution in [-0.2, 0) is 11.3 Å². The number of ether oxygens (including phenoxy) is 1. The number of nitrogens with zero attached hydrogens (tertiary/aromatic N) is 2. The Morgan fingerprint density at radius 2 is 2.35 bits per heavy atom. The van der Waals surface area contributed by atoms with Crippen molar-refractivity contribution in [2.75, 3.05) is 31.7 Å². The molecule has 1 saturated heterocycles. The fraction of sp³-hybridized carbons (Fsp3) is 0.667. The molecule has 1 aliphatic rings. The van der Waals surface area contributed by atoms with Gasteiger partial charge < -0.3 is 15.0 Å². The van der Waals surface area contributed by atoms with E-state index >= 15 is 0 Å². The topological polar surface area (TPSA) is 37.4 Å². The zero-order valence-corrected chi connectivity index (χ0v) is 14.1. The summed E-state index contributed by atoms with van der Waals surface area (Å²) in [7, 11) is 2.11. The van der Waals surface area contributed by atoms with Crippen molar-refractivity contribution in [3.63, 3.8) is 0 Å². The van der Waals surface area contributed by atoms with Gasteiger partial charge in [-0.25, -0.2) is 4.98 Å². The first-order chi connectivity index (χ1) is 9.58. The van der Waals surface area contributed by atoms with Crippen LogP contribution in [0.5, 0.6) is 0 Å². The quantitative estimate of drug-likeness (QED) is 0.863. The summed E-state index contributed by atoms with van der Waals surface area (Å²) in [6, 6.07) is 2.59. The number of nitrogens with one attached hydrogen (secondary N) is 1. The van der Waals surface area contributed by atoms with Crippen LogP contribution >= 0.6 is 15.9 Å². The second kappa shape index (κ2) is 7.38. The van der Waals surface area contributed by atoms with Crippen LogP contribution in [0.15, 0.2) is 16.7 Å². The number of hydrogen-bond donors (Lipinski definition) is 1. The number of anilines is 1. The lowest BCUT2D eigenvalue weighted by Gasteiger charge is -2.26. The Bertz CT molecular complexity index is 433. The Kier molecular flexibility index (Phi) is 5.81. The first kappa shape index (κ1) is 15.7. The Hall–Kier alpha value is -0.650. The number of rotatable bonds is 6. The molecule has 20 heavy (non-hydrogen) atoms. The van der Waals surface area contributed by atoms with Gasteiger partial charge in [-0.3, -0.25) is 0 Å². The molecule has 0 amide bonds. The van der Waals surface area contributed by atoms with E-state index in [1.165, 1.54) is 5.56 Å². The van der Waals surface area contributed by atoms with Crippen LogP contribution in [-0.4, -0.2) is 37.8 Å². The first-order valence-electron chi connectivity index (χ1n) is 7.23. The molecule has 1 unspecified atom stereocenters. The molecule has 0 saturated carbocycles. The van der Waals surface area contributed by atoms with E-state index in [0.717, 1.165) is 43.0 Å². The molecule has 0 aliphatic carbocycles. The van der Waals surface area contributed by atoms with Gasteiger partial charge in [0.05, 0.1) is 12.6 Å². The molecule has 1 aliphatic heterocycles. The lowest BCUT2D eigenvalue weighted by molar-refractivity contribution is 0.193. The van der Waals surface area contributed by atoms with Gasteiger partial charge in [0.25, 0.3) is 0 Å². The van der Waals surface area contributed by atoms with E-state index in [9.17, 15) is 0 Å². The Balaban J connectivity index is 2.09. The maximum atomic E-state index is 5.48. The third-order valence-electron chi connectivity index (χ3n) is 3.56. The van der Waals surface area contributed by atoms with Crippen molar-refractivity contribution in [2.24, 2.45) is 5.92 Å². The van der Waals surface area contributed by atoms with Crippen molar-refractivity contribution in [3.05, 3.63) is 22.3 Å². The monoisotopic (exact) mass is 341 g/mol. The number of hydrogen-bond acceptors (Lipinski definition) is 4. The van der Waals surface area contributed by atoms with Gasteiger partial charge >= 0.3 is 0 Å². The summed E-state index contributed by atoms with van der Waals surface area (Å²) >= 11 is 3.52. The molecular weight excluding hydrogens is 318 g/mol. The van der Waals surface area contributed by atoms with Gasteiger partial charge in [-0.05, 0) is 40.9 Å². The van der Waals surface area contributed by atoms with E-state index < -0.39 is 0 Å². The average molecular weight is 342 g/mol. The van der Waals surface area contributed by atoms with Crippen molar-refractivity contribution in [3.8, 4) is 0 Å². The van der Waals surface area contributed by atoms with Crippen molar-refractivity contribution in [2.45, 2.75) is 32.9 Å². The summed E-state index contributed by atoms with van der Waals surface area (Å²) in [5.41, 5.74) is 1.23. The fourth-order valence-corrected chi connectivity index (χ4v) is 2.80. The van der Waals surface area contributed by atoms with Gasteiger partial charge in [0.15, 0.2) is 0 Å². The lowest BCUT2D eigenvalue weighted by Crippen LogP contribution is -2.34. The molecule has 0 radical (unpaired) electrons. The number of halogens is 1. The number of aromatic nitrogens is 1. The zero-order chi connectivity index (χ0) is 14.5. The van der Waals surface area contributed by atoms with Gasteiger partial charge in [-0.15, -0.1) is 0 Å². The zero-order valence-electron chi connectivity index (χ0n) is 12.5. The summed E-state index contributed by atoms with van der Waals surface area (Å²) in [6.07, 6.45) is 2.95.